The molecule has 0 aliphatic heterocycles. The number of nitrogens with zero attached hydrogens (tertiary/aromatic N) is 3. The van der Waals surface area contributed by atoms with Gasteiger partial charge < -0.3 is 4.74 Å². The van der Waals surface area contributed by atoms with Crippen molar-refractivity contribution in [2.45, 2.75) is 19.6 Å². The van der Waals surface area contributed by atoms with Gasteiger partial charge in [0.05, 0.1) is 20.5 Å². The van der Waals surface area contributed by atoms with E-state index in [1.54, 1.807) is 16.3 Å². The van der Waals surface area contributed by atoms with Gasteiger partial charge in [0.25, 0.3) is 0 Å². The molecular weight excluding hydrogens is 278 g/mol. The molecule has 0 unspecified atom stereocenters. The molecule has 0 saturated carbocycles. The van der Waals surface area contributed by atoms with Crippen LogP contribution in [0.3, 0.4) is 0 Å². The Hall–Kier alpha value is -1.47. The highest BCUT2D eigenvalue weighted by Crippen LogP contribution is 2.23. The van der Waals surface area contributed by atoms with Gasteiger partial charge in [-0.1, -0.05) is 19.6 Å². The molecule has 2 heterocycles. The van der Waals surface area contributed by atoms with Crippen molar-refractivity contribution < 1.29 is 9.53 Å². The molecule has 0 N–H and O–H groups in total. The van der Waals surface area contributed by atoms with Crippen LogP contribution in [0.25, 0.3) is 10.6 Å². The highest BCUT2D eigenvalue weighted by Gasteiger charge is 2.19. The van der Waals surface area contributed by atoms with E-state index in [2.05, 4.69) is 29.7 Å². The first-order valence-electron chi connectivity index (χ1n) is 5.97. The molecule has 0 saturated heterocycles. The summed E-state index contributed by atoms with van der Waals surface area (Å²) in [6.45, 7) is 6.47. The molecule has 0 bridgehead atoms. The highest BCUT2D eigenvalue weighted by atomic mass is 32.1. The minimum atomic E-state index is -1.39. The summed E-state index contributed by atoms with van der Waals surface area (Å²) < 4.78 is 7.00. The molecule has 0 spiro atoms. The number of aromatic nitrogens is 3. The number of esters is 1. The van der Waals surface area contributed by atoms with Crippen molar-refractivity contribution in [2.75, 3.05) is 6.23 Å². The van der Waals surface area contributed by atoms with Crippen LogP contribution in [-0.4, -0.2) is 35.0 Å². The van der Waals surface area contributed by atoms with Crippen molar-refractivity contribution in [1.29, 1.82) is 0 Å². The Balaban J connectivity index is 2.07. The van der Waals surface area contributed by atoms with E-state index < -0.39 is 8.07 Å². The lowest BCUT2D eigenvalue weighted by molar-refractivity contribution is 0.0559. The van der Waals surface area contributed by atoms with Crippen molar-refractivity contribution in [3.8, 4) is 10.6 Å². The van der Waals surface area contributed by atoms with E-state index in [9.17, 15) is 4.79 Å². The molecular formula is C12H17N3O2SSi. The van der Waals surface area contributed by atoms with Gasteiger partial charge >= 0.3 is 5.97 Å². The van der Waals surface area contributed by atoms with Gasteiger partial charge in [-0.2, -0.15) is 5.10 Å². The standard InChI is InChI=1S/C12H17N3O2SSi/c1-15-6-9(5-13-15)11-14-10(7-18-11)12(16)17-8-19(2,3)4/h5-7H,8H2,1-4H3. The minimum Gasteiger partial charge on any atom is -0.465 e. The Kier molecular flexibility index (Phi) is 3.86. The second kappa shape index (κ2) is 5.26. The lowest BCUT2D eigenvalue weighted by Gasteiger charge is -2.14. The molecule has 2 aromatic rings. The second-order valence-electron chi connectivity index (χ2n) is 5.58. The summed E-state index contributed by atoms with van der Waals surface area (Å²) in [6, 6.07) is 0. The van der Waals surface area contributed by atoms with Gasteiger partial charge in [-0.25, -0.2) is 9.78 Å². The maximum absolute atomic E-state index is 11.9. The van der Waals surface area contributed by atoms with Gasteiger partial charge in [0, 0.05) is 24.2 Å². The lowest BCUT2D eigenvalue weighted by atomic mass is 10.4. The third-order valence-electron chi connectivity index (χ3n) is 2.30. The summed E-state index contributed by atoms with van der Waals surface area (Å²) in [4.78, 5) is 16.2. The molecule has 0 aliphatic carbocycles. The molecule has 2 rings (SSSR count). The predicted octanol–water partition coefficient (Wildman–Crippen LogP) is 2.58. The lowest BCUT2D eigenvalue weighted by Crippen LogP contribution is -2.29. The Morgan fingerprint density at radius 3 is 2.79 bits per heavy atom. The van der Waals surface area contributed by atoms with Gasteiger partial charge in [-0.3, -0.25) is 4.68 Å². The maximum Gasteiger partial charge on any atom is 0.357 e. The van der Waals surface area contributed by atoms with Gasteiger partial charge in [0.15, 0.2) is 5.69 Å². The van der Waals surface area contributed by atoms with Crippen molar-refractivity contribution in [3.05, 3.63) is 23.5 Å². The third kappa shape index (κ3) is 3.74. The second-order valence-corrected chi connectivity index (χ2v) is 11.8. The number of hydrogen-bond donors (Lipinski definition) is 0. The molecule has 102 valence electrons. The number of carbonyl (C=O) groups excluding carboxylic acids is 1. The molecule has 5 nitrogen and oxygen atoms in total. The number of hydrogen-bond acceptors (Lipinski definition) is 5. The Morgan fingerprint density at radius 1 is 1.47 bits per heavy atom. The number of aryl methyl sites for hydroxylation is 1. The topological polar surface area (TPSA) is 57.0 Å². The normalized spacial score (nSPS) is 11.6. The molecule has 2 aromatic heterocycles. The first-order chi connectivity index (χ1) is 8.85. The van der Waals surface area contributed by atoms with E-state index in [1.807, 2.05) is 13.2 Å². The quantitative estimate of drug-likeness (QED) is 0.642. The SMILES string of the molecule is Cn1cc(-c2nc(C(=O)OC[Si](C)(C)C)cs2)cn1. The van der Waals surface area contributed by atoms with Crippen LogP contribution in [0.1, 0.15) is 10.5 Å². The van der Waals surface area contributed by atoms with E-state index in [0.29, 0.717) is 11.9 Å². The van der Waals surface area contributed by atoms with E-state index in [1.165, 1.54) is 11.3 Å². The summed E-state index contributed by atoms with van der Waals surface area (Å²) in [5, 5.41) is 6.60. The summed E-state index contributed by atoms with van der Waals surface area (Å²) in [5.74, 6) is -0.339. The Morgan fingerprint density at radius 2 is 2.21 bits per heavy atom. The zero-order valence-corrected chi connectivity index (χ0v) is 13.3. The summed E-state index contributed by atoms with van der Waals surface area (Å²) in [5.41, 5.74) is 1.29. The Labute approximate surface area is 117 Å². The monoisotopic (exact) mass is 295 g/mol. The number of thiazole rings is 1. The number of rotatable bonds is 4. The molecule has 0 aromatic carbocycles. The smallest absolute Gasteiger partial charge is 0.357 e. The first-order valence-corrected chi connectivity index (χ1v) is 10.6. The molecule has 0 atom stereocenters. The molecule has 0 radical (unpaired) electrons. The summed E-state index contributed by atoms with van der Waals surface area (Å²) >= 11 is 1.42. The van der Waals surface area contributed by atoms with Gasteiger partial charge in [-0.15, -0.1) is 11.3 Å². The maximum atomic E-state index is 11.9. The van der Waals surface area contributed by atoms with Crippen LogP contribution in [0.2, 0.25) is 19.6 Å². The Bertz CT molecular complexity index is 586. The van der Waals surface area contributed by atoms with Crippen LogP contribution in [-0.2, 0) is 11.8 Å². The molecule has 0 aliphatic rings. The zero-order chi connectivity index (χ0) is 14.0. The average Bonchev–Trinajstić information content (AvgIpc) is 2.93. The van der Waals surface area contributed by atoms with E-state index in [-0.39, 0.29) is 5.97 Å². The van der Waals surface area contributed by atoms with Crippen LogP contribution < -0.4 is 0 Å². The van der Waals surface area contributed by atoms with Crippen molar-refractivity contribution in [3.63, 3.8) is 0 Å². The van der Waals surface area contributed by atoms with Crippen molar-refractivity contribution in [1.82, 2.24) is 14.8 Å². The van der Waals surface area contributed by atoms with E-state index in [4.69, 9.17) is 4.74 Å². The predicted molar refractivity (Wildman–Crippen MR) is 77.9 cm³/mol. The minimum absolute atomic E-state index is 0.339. The van der Waals surface area contributed by atoms with Crippen molar-refractivity contribution in [2.24, 2.45) is 7.05 Å². The van der Waals surface area contributed by atoms with Crippen LogP contribution >= 0.6 is 11.3 Å². The molecule has 0 fully saturated rings. The van der Waals surface area contributed by atoms with Crippen LogP contribution in [0.5, 0.6) is 0 Å². The van der Waals surface area contributed by atoms with Crippen LogP contribution in [0.4, 0.5) is 0 Å². The summed E-state index contributed by atoms with van der Waals surface area (Å²) in [7, 11) is 0.460. The first kappa shape index (κ1) is 13.9. The van der Waals surface area contributed by atoms with Crippen LogP contribution in [0.15, 0.2) is 17.8 Å². The molecule has 19 heavy (non-hydrogen) atoms. The number of carbonyl (C=O) groups is 1. The largest absolute Gasteiger partial charge is 0.465 e. The van der Waals surface area contributed by atoms with Crippen molar-refractivity contribution >= 4 is 25.4 Å². The fourth-order valence-corrected chi connectivity index (χ4v) is 2.72. The van der Waals surface area contributed by atoms with Gasteiger partial charge in [0.2, 0.25) is 0 Å². The number of ether oxygens (including phenoxy) is 1. The fourth-order valence-electron chi connectivity index (χ4n) is 1.39. The van der Waals surface area contributed by atoms with Gasteiger partial charge in [-0.05, 0) is 0 Å². The third-order valence-corrected chi connectivity index (χ3v) is 4.20. The van der Waals surface area contributed by atoms with E-state index in [0.717, 1.165) is 10.6 Å². The molecule has 0 amide bonds. The van der Waals surface area contributed by atoms with Gasteiger partial charge in [0.1, 0.15) is 5.01 Å². The summed E-state index contributed by atoms with van der Waals surface area (Å²) in [6.07, 6.45) is 4.12. The van der Waals surface area contributed by atoms with E-state index >= 15 is 0 Å². The highest BCUT2D eigenvalue weighted by molar-refractivity contribution is 7.13. The fraction of sp³-hybridized carbons (Fsp3) is 0.417. The molecule has 7 heteroatoms. The zero-order valence-electron chi connectivity index (χ0n) is 11.5. The van der Waals surface area contributed by atoms with Crippen LogP contribution in [0, 0.1) is 0 Å². The average molecular weight is 295 g/mol.